The van der Waals surface area contributed by atoms with Gasteiger partial charge in [0.15, 0.2) is 11.3 Å². The Morgan fingerprint density at radius 1 is 1.26 bits per heavy atom. The Labute approximate surface area is 161 Å². The van der Waals surface area contributed by atoms with Gasteiger partial charge in [0.2, 0.25) is 0 Å². The normalized spacial score (nSPS) is 16.0. The first-order chi connectivity index (χ1) is 13.1. The number of carboxylic acid groups (broad SMARTS) is 1. The summed E-state index contributed by atoms with van der Waals surface area (Å²) >= 11 is 1.28. The third kappa shape index (κ3) is 5.12. The highest BCUT2D eigenvalue weighted by atomic mass is 32.1. The van der Waals surface area contributed by atoms with Crippen LogP contribution in [0, 0.1) is 0 Å². The Morgan fingerprint density at radius 3 is 2.67 bits per heavy atom. The molecule has 2 heterocycles. The summed E-state index contributed by atoms with van der Waals surface area (Å²) in [5.41, 5.74) is 0.150. The van der Waals surface area contributed by atoms with E-state index in [-0.39, 0.29) is 11.6 Å². The third-order valence-corrected chi connectivity index (χ3v) is 5.38. The molecule has 1 aliphatic rings. The van der Waals surface area contributed by atoms with Crippen molar-refractivity contribution in [3.8, 4) is 0 Å². The van der Waals surface area contributed by atoms with Crippen LogP contribution in [0.2, 0.25) is 0 Å². The lowest BCUT2D eigenvalue weighted by atomic mass is 9.92. The average Bonchev–Trinajstić information content (AvgIpc) is 3.17. The van der Waals surface area contributed by atoms with Gasteiger partial charge in [0, 0.05) is 44.4 Å². The summed E-state index contributed by atoms with van der Waals surface area (Å²) in [6.45, 7) is 1.71. The highest BCUT2D eigenvalue weighted by molar-refractivity contribution is 7.09. The second-order valence-electron chi connectivity index (χ2n) is 6.32. The topological polar surface area (TPSA) is 97.8 Å². The molecule has 1 aromatic heterocycles. The Morgan fingerprint density at radius 2 is 2.00 bits per heavy atom. The summed E-state index contributed by atoms with van der Waals surface area (Å²) < 4.78 is 11.5. The van der Waals surface area contributed by atoms with Gasteiger partial charge in [-0.2, -0.15) is 0 Å². The van der Waals surface area contributed by atoms with E-state index in [9.17, 15) is 9.59 Å². The van der Waals surface area contributed by atoms with E-state index >= 15 is 0 Å². The van der Waals surface area contributed by atoms with E-state index in [1.807, 2.05) is 30.3 Å². The minimum Gasteiger partial charge on any atom is -0.476 e. The van der Waals surface area contributed by atoms with Crippen LogP contribution in [0.5, 0.6) is 0 Å². The van der Waals surface area contributed by atoms with E-state index in [2.05, 4.69) is 10.3 Å². The first-order valence-electron chi connectivity index (χ1n) is 8.81. The molecule has 0 unspecified atom stereocenters. The number of rotatable bonds is 8. The molecule has 8 heteroatoms. The van der Waals surface area contributed by atoms with E-state index in [0.29, 0.717) is 50.6 Å². The van der Waals surface area contributed by atoms with Crippen molar-refractivity contribution in [2.45, 2.75) is 31.5 Å². The Hall–Kier alpha value is -2.29. The van der Waals surface area contributed by atoms with Crippen molar-refractivity contribution in [1.82, 2.24) is 10.3 Å². The van der Waals surface area contributed by atoms with Gasteiger partial charge in [-0.1, -0.05) is 30.3 Å². The first kappa shape index (κ1) is 19.5. The minimum absolute atomic E-state index is 0.0356. The average molecular weight is 390 g/mol. The van der Waals surface area contributed by atoms with Crippen molar-refractivity contribution in [3.63, 3.8) is 0 Å². The van der Waals surface area contributed by atoms with Crippen LogP contribution in [0.25, 0.3) is 0 Å². The molecule has 1 saturated heterocycles. The van der Waals surface area contributed by atoms with Crippen LogP contribution in [0.15, 0.2) is 35.7 Å². The molecule has 0 bridgehead atoms. The number of carbonyl (C=O) groups excluding carboxylic acids is 1. The fourth-order valence-electron chi connectivity index (χ4n) is 2.90. The molecule has 2 N–H and O–H groups in total. The SMILES string of the molecule is O=C(O)c1csc(CCNC(=O)C2(OCc3ccccc3)CCOCC2)n1. The van der Waals surface area contributed by atoms with Gasteiger partial charge in [0.25, 0.3) is 5.91 Å². The van der Waals surface area contributed by atoms with E-state index in [1.165, 1.54) is 16.7 Å². The number of ether oxygens (including phenoxy) is 2. The second kappa shape index (κ2) is 9.07. The van der Waals surface area contributed by atoms with Crippen LogP contribution in [0.3, 0.4) is 0 Å². The van der Waals surface area contributed by atoms with Crippen LogP contribution >= 0.6 is 11.3 Å². The van der Waals surface area contributed by atoms with Gasteiger partial charge >= 0.3 is 5.97 Å². The van der Waals surface area contributed by atoms with Crippen LogP contribution in [-0.2, 0) is 27.3 Å². The zero-order valence-corrected chi connectivity index (χ0v) is 15.7. The predicted molar refractivity (Wildman–Crippen MR) is 99.8 cm³/mol. The maximum Gasteiger partial charge on any atom is 0.355 e. The first-order valence-corrected chi connectivity index (χ1v) is 9.69. The van der Waals surface area contributed by atoms with Crippen LogP contribution in [-0.4, -0.2) is 47.3 Å². The molecular formula is C19H22N2O5S. The summed E-state index contributed by atoms with van der Waals surface area (Å²) in [6, 6.07) is 9.75. The van der Waals surface area contributed by atoms with Gasteiger partial charge < -0.3 is 19.9 Å². The van der Waals surface area contributed by atoms with E-state index in [4.69, 9.17) is 14.6 Å². The Kier molecular flexibility index (Phi) is 6.54. The highest BCUT2D eigenvalue weighted by Crippen LogP contribution is 2.27. The molecule has 0 saturated carbocycles. The summed E-state index contributed by atoms with van der Waals surface area (Å²) in [5, 5.41) is 14.0. The molecule has 144 valence electrons. The van der Waals surface area contributed by atoms with Crippen molar-refractivity contribution < 1.29 is 24.2 Å². The standard InChI is InChI=1S/C19H22N2O5S/c22-17(23)15-13-27-16(21-15)6-9-20-18(24)19(7-10-25-11-8-19)26-12-14-4-2-1-3-5-14/h1-5,13H,6-12H2,(H,20,24)(H,22,23). The zero-order chi connectivity index (χ0) is 19.1. The van der Waals surface area contributed by atoms with Gasteiger partial charge in [-0.05, 0) is 5.56 Å². The molecule has 7 nitrogen and oxygen atoms in total. The monoisotopic (exact) mass is 390 g/mol. The number of carbonyl (C=O) groups is 2. The number of hydrogen-bond donors (Lipinski definition) is 2. The summed E-state index contributed by atoms with van der Waals surface area (Å²) in [7, 11) is 0. The van der Waals surface area contributed by atoms with Crippen LogP contribution in [0.1, 0.15) is 33.9 Å². The second-order valence-corrected chi connectivity index (χ2v) is 7.26. The number of carboxylic acids is 1. The predicted octanol–water partition coefficient (Wildman–Crippen LogP) is 2.27. The number of nitrogens with zero attached hydrogens (tertiary/aromatic N) is 1. The minimum atomic E-state index is -1.04. The molecule has 0 spiro atoms. The molecule has 1 aromatic carbocycles. The number of aromatic carboxylic acids is 1. The van der Waals surface area contributed by atoms with Gasteiger partial charge in [0.05, 0.1) is 11.6 Å². The molecule has 1 amide bonds. The third-order valence-electron chi connectivity index (χ3n) is 4.47. The van der Waals surface area contributed by atoms with Crippen molar-refractivity contribution in [1.29, 1.82) is 0 Å². The summed E-state index contributed by atoms with van der Waals surface area (Å²) in [4.78, 5) is 27.8. The molecule has 2 aromatic rings. The Bertz CT molecular complexity index is 771. The van der Waals surface area contributed by atoms with Crippen LogP contribution in [0.4, 0.5) is 0 Å². The largest absolute Gasteiger partial charge is 0.476 e. The molecule has 0 atom stereocenters. The summed E-state index contributed by atoms with van der Waals surface area (Å²) in [6.07, 6.45) is 1.49. The van der Waals surface area contributed by atoms with Gasteiger partial charge in [-0.25, -0.2) is 9.78 Å². The van der Waals surface area contributed by atoms with Crippen molar-refractivity contribution in [3.05, 3.63) is 52.0 Å². The molecule has 0 radical (unpaired) electrons. The molecule has 3 rings (SSSR count). The lowest BCUT2D eigenvalue weighted by Crippen LogP contribution is -2.52. The van der Waals surface area contributed by atoms with Gasteiger partial charge in [-0.3, -0.25) is 4.79 Å². The summed E-state index contributed by atoms with van der Waals surface area (Å²) in [5.74, 6) is -1.20. The maximum absolute atomic E-state index is 12.8. The molecule has 0 aliphatic carbocycles. The van der Waals surface area contributed by atoms with Gasteiger partial charge in [0.1, 0.15) is 0 Å². The highest BCUT2D eigenvalue weighted by Gasteiger charge is 2.41. The molecule has 1 aliphatic heterocycles. The zero-order valence-electron chi connectivity index (χ0n) is 14.8. The number of amides is 1. The van der Waals surface area contributed by atoms with Crippen molar-refractivity contribution in [2.75, 3.05) is 19.8 Å². The number of hydrogen-bond acceptors (Lipinski definition) is 6. The number of aromatic nitrogens is 1. The van der Waals surface area contributed by atoms with E-state index in [0.717, 1.165) is 5.56 Å². The van der Waals surface area contributed by atoms with E-state index < -0.39 is 11.6 Å². The van der Waals surface area contributed by atoms with Crippen molar-refractivity contribution >= 4 is 23.2 Å². The maximum atomic E-state index is 12.8. The van der Waals surface area contributed by atoms with Gasteiger partial charge in [-0.15, -0.1) is 11.3 Å². The van der Waals surface area contributed by atoms with Crippen LogP contribution < -0.4 is 5.32 Å². The molecule has 1 fully saturated rings. The number of nitrogens with one attached hydrogen (secondary N) is 1. The fraction of sp³-hybridized carbons (Fsp3) is 0.421. The quantitative estimate of drug-likeness (QED) is 0.718. The van der Waals surface area contributed by atoms with E-state index in [1.54, 1.807) is 0 Å². The molecular weight excluding hydrogens is 368 g/mol. The smallest absolute Gasteiger partial charge is 0.355 e. The molecule has 27 heavy (non-hydrogen) atoms. The van der Waals surface area contributed by atoms with Crippen molar-refractivity contribution in [2.24, 2.45) is 0 Å². The lowest BCUT2D eigenvalue weighted by molar-refractivity contribution is -0.163. The fourth-order valence-corrected chi connectivity index (χ4v) is 3.67. The lowest BCUT2D eigenvalue weighted by Gasteiger charge is -2.35. The number of thiazole rings is 1. The Balaban J connectivity index is 1.56. The number of benzene rings is 1.